The van der Waals surface area contributed by atoms with Gasteiger partial charge in [-0.3, -0.25) is 9.88 Å². The highest BCUT2D eigenvalue weighted by Gasteiger charge is 2.26. The van der Waals surface area contributed by atoms with E-state index in [-0.39, 0.29) is 11.7 Å². The number of rotatable bonds is 4. The van der Waals surface area contributed by atoms with Crippen LogP contribution in [0.5, 0.6) is 0 Å². The zero-order valence-electron chi connectivity index (χ0n) is 13.8. The molecule has 0 radical (unpaired) electrons. The van der Waals surface area contributed by atoms with Crippen LogP contribution in [0.25, 0.3) is 11.5 Å². The molecule has 0 bridgehead atoms. The molecule has 1 atom stereocenters. The molecule has 0 N–H and O–H groups in total. The first-order chi connectivity index (χ1) is 12.3. The predicted molar refractivity (Wildman–Crippen MR) is 91.2 cm³/mol. The maximum atomic E-state index is 13.0. The highest BCUT2D eigenvalue weighted by molar-refractivity contribution is 5.50. The summed E-state index contributed by atoms with van der Waals surface area (Å²) in [6.07, 6.45) is 5.55. The molecule has 1 saturated heterocycles. The van der Waals surface area contributed by atoms with E-state index in [4.69, 9.17) is 4.42 Å². The Morgan fingerprint density at radius 3 is 2.84 bits per heavy atom. The SMILES string of the molecule is Fc1ccc(CN2CCCC(c3nnc(-c4cccnc4)o3)C2)cc1. The molecule has 6 heteroatoms. The van der Waals surface area contributed by atoms with Gasteiger partial charge < -0.3 is 4.42 Å². The Balaban J connectivity index is 1.44. The lowest BCUT2D eigenvalue weighted by molar-refractivity contribution is 0.186. The van der Waals surface area contributed by atoms with Gasteiger partial charge >= 0.3 is 0 Å². The topological polar surface area (TPSA) is 55.1 Å². The molecular formula is C19H19FN4O. The van der Waals surface area contributed by atoms with Gasteiger partial charge in [0.1, 0.15) is 5.82 Å². The van der Waals surface area contributed by atoms with Gasteiger partial charge in [0.05, 0.1) is 11.5 Å². The quantitative estimate of drug-likeness (QED) is 0.727. The first kappa shape index (κ1) is 15.9. The zero-order chi connectivity index (χ0) is 17.1. The van der Waals surface area contributed by atoms with Crippen molar-refractivity contribution in [3.63, 3.8) is 0 Å². The lowest BCUT2D eigenvalue weighted by Crippen LogP contribution is -2.34. The number of halogens is 1. The van der Waals surface area contributed by atoms with Crippen molar-refractivity contribution in [2.45, 2.75) is 25.3 Å². The van der Waals surface area contributed by atoms with Crippen LogP contribution in [0.2, 0.25) is 0 Å². The Kier molecular flexibility index (Phi) is 4.52. The van der Waals surface area contributed by atoms with E-state index in [1.807, 2.05) is 24.3 Å². The largest absolute Gasteiger partial charge is 0.420 e. The maximum Gasteiger partial charge on any atom is 0.249 e. The van der Waals surface area contributed by atoms with Gasteiger partial charge in [0.2, 0.25) is 11.8 Å². The fourth-order valence-corrected chi connectivity index (χ4v) is 3.25. The molecule has 4 rings (SSSR count). The fraction of sp³-hybridized carbons (Fsp3) is 0.316. The third-order valence-electron chi connectivity index (χ3n) is 4.52. The summed E-state index contributed by atoms with van der Waals surface area (Å²) in [4.78, 5) is 6.44. The number of hydrogen-bond donors (Lipinski definition) is 0. The highest BCUT2D eigenvalue weighted by atomic mass is 19.1. The van der Waals surface area contributed by atoms with Crippen molar-refractivity contribution in [3.05, 3.63) is 66.1 Å². The third-order valence-corrected chi connectivity index (χ3v) is 4.52. The number of piperidine rings is 1. The molecule has 1 aliphatic rings. The Morgan fingerprint density at radius 1 is 1.16 bits per heavy atom. The monoisotopic (exact) mass is 338 g/mol. The van der Waals surface area contributed by atoms with Gasteiger partial charge in [-0.25, -0.2) is 4.39 Å². The Hall–Kier alpha value is -2.60. The number of pyridine rings is 1. The lowest BCUT2D eigenvalue weighted by Gasteiger charge is -2.31. The van der Waals surface area contributed by atoms with Crippen LogP contribution in [-0.4, -0.2) is 33.2 Å². The number of aromatic nitrogens is 3. The van der Waals surface area contributed by atoms with Crippen LogP contribution in [0.1, 0.15) is 30.2 Å². The average Bonchev–Trinajstić information content (AvgIpc) is 3.15. The first-order valence-corrected chi connectivity index (χ1v) is 8.48. The van der Waals surface area contributed by atoms with Crippen molar-refractivity contribution >= 4 is 0 Å². The standard InChI is InChI=1S/C19H19FN4O/c20-17-7-5-14(6-8-17)12-24-10-2-4-16(13-24)19-23-22-18(25-19)15-3-1-9-21-11-15/h1,3,5-9,11,16H,2,4,10,12-13H2. The Morgan fingerprint density at radius 2 is 2.04 bits per heavy atom. The van der Waals surface area contributed by atoms with E-state index >= 15 is 0 Å². The summed E-state index contributed by atoms with van der Waals surface area (Å²) < 4.78 is 18.9. The fourth-order valence-electron chi connectivity index (χ4n) is 3.25. The Labute approximate surface area is 145 Å². The van der Waals surface area contributed by atoms with Crippen molar-refractivity contribution in [2.24, 2.45) is 0 Å². The van der Waals surface area contributed by atoms with Crippen LogP contribution >= 0.6 is 0 Å². The van der Waals surface area contributed by atoms with Crippen LogP contribution in [0.3, 0.4) is 0 Å². The van der Waals surface area contributed by atoms with Gasteiger partial charge in [-0.1, -0.05) is 12.1 Å². The zero-order valence-corrected chi connectivity index (χ0v) is 13.8. The molecule has 1 fully saturated rings. The van der Waals surface area contributed by atoms with Crippen molar-refractivity contribution in [2.75, 3.05) is 13.1 Å². The summed E-state index contributed by atoms with van der Waals surface area (Å²) in [6, 6.07) is 10.5. The van der Waals surface area contributed by atoms with Gasteiger partial charge in [-0.05, 0) is 49.2 Å². The summed E-state index contributed by atoms with van der Waals surface area (Å²) in [5.74, 6) is 1.22. The second kappa shape index (κ2) is 7.11. The van der Waals surface area contributed by atoms with E-state index in [0.717, 1.165) is 43.6 Å². The molecule has 0 saturated carbocycles. The van der Waals surface area contributed by atoms with Crippen molar-refractivity contribution in [1.29, 1.82) is 0 Å². The molecule has 3 aromatic rings. The highest BCUT2D eigenvalue weighted by Crippen LogP contribution is 2.28. The van der Waals surface area contributed by atoms with Gasteiger partial charge in [0.15, 0.2) is 0 Å². The molecule has 2 aromatic heterocycles. The number of benzene rings is 1. The second-order valence-electron chi connectivity index (χ2n) is 6.39. The summed E-state index contributed by atoms with van der Waals surface area (Å²) in [7, 11) is 0. The van der Waals surface area contributed by atoms with Crippen molar-refractivity contribution in [1.82, 2.24) is 20.1 Å². The van der Waals surface area contributed by atoms with E-state index in [2.05, 4.69) is 20.1 Å². The summed E-state index contributed by atoms with van der Waals surface area (Å²) >= 11 is 0. The van der Waals surface area contributed by atoms with E-state index in [0.29, 0.717) is 11.8 Å². The number of nitrogens with zero attached hydrogens (tertiary/aromatic N) is 4. The number of hydrogen-bond acceptors (Lipinski definition) is 5. The van der Waals surface area contributed by atoms with Crippen LogP contribution in [0.4, 0.5) is 4.39 Å². The van der Waals surface area contributed by atoms with E-state index in [1.165, 1.54) is 12.1 Å². The maximum absolute atomic E-state index is 13.0. The first-order valence-electron chi connectivity index (χ1n) is 8.48. The molecule has 128 valence electrons. The van der Waals surface area contributed by atoms with E-state index in [9.17, 15) is 4.39 Å². The van der Waals surface area contributed by atoms with Crippen LogP contribution in [-0.2, 0) is 6.54 Å². The molecule has 0 spiro atoms. The smallest absolute Gasteiger partial charge is 0.249 e. The molecule has 5 nitrogen and oxygen atoms in total. The second-order valence-corrected chi connectivity index (χ2v) is 6.39. The molecule has 25 heavy (non-hydrogen) atoms. The third kappa shape index (κ3) is 3.74. The van der Waals surface area contributed by atoms with Crippen molar-refractivity contribution in [3.8, 4) is 11.5 Å². The van der Waals surface area contributed by atoms with E-state index in [1.54, 1.807) is 12.4 Å². The molecular weight excluding hydrogens is 319 g/mol. The van der Waals surface area contributed by atoms with Crippen molar-refractivity contribution < 1.29 is 8.81 Å². The lowest BCUT2D eigenvalue weighted by atomic mass is 9.97. The average molecular weight is 338 g/mol. The Bertz CT molecular complexity index is 819. The van der Waals surface area contributed by atoms with Crippen LogP contribution < -0.4 is 0 Å². The molecule has 3 heterocycles. The summed E-state index contributed by atoms with van der Waals surface area (Å²) in [5, 5.41) is 8.41. The molecule has 1 aliphatic heterocycles. The molecule has 1 aromatic carbocycles. The molecule has 1 unspecified atom stereocenters. The van der Waals surface area contributed by atoms with Gasteiger partial charge in [-0.2, -0.15) is 0 Å². The van der Waals surface area contributed by atoms with Crippen LogP contribution in [0, 0.1) is 5.82 Å². The van der Waals surface area contributed by atoms with E-state index < -0.39 is 0 Å². The minimum Gasteiger partial charge on any atom is -0.420 e. The minimum atomic E-state index is -0.200. The predicted octanol–water partition coefficient (Wildman–Crippen LogP) is 3.65. The molecule has 0 aliphatic carbocycles. The normalized spacial score (nSPS) is 18.4. The van der Waals surface area contributed by atoms with Gasteiger partial charge in [-0.15, -0.1) is 10.2 Å². The minimum absolute atomic E-state index is 0.200. The summed E-state index contributed by atoms with van der Waals surface area (Å²) in [6.45, 7) is 2.70. The molecule has 0 amide bonds. The summed E-state index contributed by atoms with van der Waals surface area (Å²) in [5.41, 5.74) is 1.95. The van der Waals surface area contributed by atoms with Crippen LogP contribution in [0.15, 0.2) is 53.2 Å². The van der Waals surface area contributed by atoms with Gasteiger partial charge in [0, 0.05) is 25.5 Å². The number of likely N-dealkylation sites (tertiary alicyclic amines) is 1. The van der Waals surface area contributed by atoms with Gasteiger partial charge in [0.25, 0.3) is 0 Å².